The van der Waals surface area contributed by atoms with Crippen LogP contribution in [0.25, 0.3) is 0 Å². The molecular formula is C22H33N5O4. The molecule has 3 rings (SSSR count). The third-order valence-corrected chi connectivity index (χ3v) is 5.75. The lowest BCUT2D eigenvalue weighted by atomic mass is 9.96. The van der Waals surface area contributed by atoms with Gasteiger partial charge in [-0.1, -0.05) is 19.3 Å². The number of nitrogens with one attached hydrogen (secondary N) is 4. The van der Waals surface area contributed by atoms with E-state index in [0.29, 0.717) is 30.5 Å². The van der Waals surface area contributed by atoms with Gasteiger partial charge in [-0.05, 0) is 49.9 Å². The highest BCUT2D eigenvalue weighted by atomic mass is 16.5. The molecule has 0 radical (unpaired) electrons. The van der Waals surface area contributed by atoms with Crippen molar-refractivity contribution in [1.29, 1.82) is 0 Å². The summed E-state index contributed by atoms with van der Waals surface area (Å²) in [4.78, 5) is 38.0. The second-order valence-electron chi connectivity index (χ2n) is 8.20. The van der Waals surface area contributed by atoms with E-state index in [-0.39, 0.29) is 30.6 Å². The van der Waals surface area contributed by atoms with Crippen molar-refractivity contribution < 1.29 is 19.1 Å². The number of benzene rings is 1. The van der Waals surface area contributed by atoms with Gasteiger partial charge in [0, 0.05) is 43.7 Å². The highest BCUT2D eigenvalue weighted by Gasteiger charge is 2.25. The van der Waals surface area contributed by atoms with Crippen LogP contribution in [0.1, 0.15) is 44.9 Å². The number of rotatable bonds is 6. The van der Waals surface area contributed by atoms with Crippen molar-refractivity contribution in [1.82, 2.24) is 15.5 Å². The van der Waals surface area contributed by atoms with Crippen LogP contribution in [0.5, 0.6) is 0 Å². The average Bonchev–Trinajstić information content (AvgIpc) is 2.76. The number of nitrogens with zero attached hydrogens (tertiary/aromatic N) is 1. The van der Waals surface area contributed by atoms with Crippen LogP contribution in [0.3, 0.4) is 0 Å². The normalized spacial score (nSPS) is 17.6. The molecule has 0 bridgehead atoms. The molecule has 1 aliphatic heterocycles. The number of hydrogen-bond acceptors (Lipinski definition) is 4. The Kier molecular flexibility index (Phi) is 8.52. The molecule has 9 nitrogen and oxygen atoms in total. The zero-order valence-electron chi connectivity index (χ0n) is 18.1. The highest BCUT2D eigenvalue weighted by molar-refractivity contribution is 5.93. The summed E-state index contributed by atoms with van der Waals surface area (Å²) in [7, 11) is 1.46. The van der Waals surface area contributed by atoms with Gasteiger partial charge in [0.05, 0.1) is 0 Å². The molecule has 1 heterocycles. The molecular weight excluding hydrogens is 398 g/mol. The summed E-state index contributed by atoms with van der Waals surface area (Å²) >= 11 is 0. The van der Waals surface area contributed by atoms with Crippen LogP contribution >= 0.6 is 0 Å². The summed E-state index contributed by atoms with van der Waals surface area (Å²) in [6, 6.07) is 7.05. The number of likely N-dealkylation sites (tertiary alicyclic amines) is 1. The number of ether oxygens (including phenoxy) is 1. The lowest BCUT2D eigenvalue weighted by molar-refractivity contribution is -0.119. The van der Waals surface area contributed by atoms with E-state index in [2.05, 4.69) is 21.3 Å². The summed E-state index contributed by atoms with van der Waals surface area (Å²) in [5, 5.41) is 11.7. The number of hydrogen-bond donors (Lipinski definition) is 4. The van der Waals surface area contributed by atoms with Gasteiger partial charge in [0.15, 0.2) is 0 Å². The Morgan fingerprint density at radius 3 is 2.00 bits per heavy atom. The number of piperidine rings is 1. The number of carbonyl (C=O) groups excluding carboxylic acids is 3. The van der Waals surface area contributed by atoms with Crippen molar-refractivity contribution in [3.8, 4) is 0 Å². The summed E-state index contributed by atoms with van der Waals surface area (Å²) in [6.07, 6.45) is 7.22. The molecule has 0 spiro atoms. The minimum Gasteiger partial charge on any atom is -0.375 e. The van der Waals surface area contributed by atoms with Gasteiger partial charge in [0.2, 0.25) is 5.91 Å². The maximum absolute atomic E-state index is 12.5. The predicted octanol–water partition coefficient (Wildman–Crippen LogP) is 2.90. The molecule has 9 heteroatoms. The van der Waals surface area contributed by atoms with E-state index >= 15 is 0 Å². The van der Waals surface area contributed by atoms with E-state index in [1.165, 1.54) is 26.4 Å². The molecule has 0 unspecified atom stereocenters. The van der Waals surface area contributed by atoms with Crippen molar-refractivity contribution in [2.24, 2.45) is 0 Å². The van der Waals surface area contributed by atoms with Gasteiger partial charge >= 0.3 is 12.1 Å². The molecule has 4 N–H and O–H groups in total. The van der Waals surface area contributed by atoms with Crippen LogP contribution in [0, 0.1) is 0 Å². The molecule has 1 aromatic rings. The fourth-order valence-corrected chi connectivity index (χ4v) is 4.05. The predicted molar refractivity (Wildman–Crippen MR) is 119 cm³/mol. The van der Waals surface area contributed by atoms with Crippen LogP contribution in [-0.4, -0.2) is 61.8 Å². The summed E-state index contributed by atoms with van der Waals surface area (Å²) in [5.74, 6) is -0.233. The Morgan fingerprint density at radius 1 is 0.871 bits per heavy atom. The van der Waals surface area contributed by atoms with E-state index in [1.807, 2.05) is 0 Å². The molecule has 1 aromatic carbocycles. The second-order valence-corrected chi connectivity index (χ2v) is 8.20. The van der Waals surface area contributed by atoms with Gasteiger partial charge in [-0.3, -0.25) is 4.79 Å². The molecule has 0 atom stereocenters. The zero-order valence-corrected chi connectivity index (χ0v) is 18.1. The van der Waals surface area contributed by atoms with E-state index in [9.17, 15) is 14.4 Å². The van der Waals surface area contributed by atoms with Crippen LogP contribution < -0.4 is 21.3 Å². The van der Waals surface area contributed by atoms with Gasteiger partial charge in [0.25, 0.3) is 0 Å². The monoisotopic (exact) mass is 431 g/mol. The van der Waals surface area contributed by atoms with Gasteiger partial charge in [-0.15, -0.1) is 0 Å². The third-order valence-electron chi connectivity index (χ3n) is 5.75. The Hall–Kier alpha value is -2.81. The first-order valence-electron chi connectivity index (χ1n) is 11.1. The summed E-state index contributed by atoms with van der Waals surface area (Å²) < 4.78 is 4.78. The second kappa shape index (κ2) is 11.5. The van der Waals surface area contributed by atoms with Crippen LogP contribution in [-0.2, 0) is 9.53 Å². The maximum atomic E-state index is 12.5. The largest absolute Gasteiger partial charge is 0.375 e. The van der Waals surface area contributed by atoms with Gasteiger partial charge < -0.3 is 30.9 Å². The quantitative estimate of drug-likeness (QED) is 0.555. The zero-order chi connectivity index (χ0) is 22.1. The minimum absolute atomic E-state index is 0.00839. The number of carbonyl (C=O) groups is 3. The first kappa shape index (κ1) is 22.9. The molecule has 170 valence electrons. The number of methoxy groups -OCH3 is 1. The van der Waals surface area contributed by atoms with Crippen molar-refractivity contribution >= 4 is 29.3 Å². The van der Waals surface area contributed by atoms with Gasteiger partial charge in [0.1, 0.15) is 6.61 Å². The SMILES string of the molecule is COCC(=O)Nc1ccc(NC(=O)N2CCC(NC(=O)NC3CCCCC3)CC2)cc1. The molecule has 2 fully saturated rings. The fourth-order valence-electron chi connectivity index (χ4n) is 4.05. The number of anilines is 2. The van der Waals surface area contributed by atoms with E-state index in [1.54, 1.807) is 29.2 Å². The summed E-state index contributed by atoms with van der Waals surface area (Å²) in [6.45, 7) is 1.17. The van der Waals surface area contributed by atoms with Crippen molar-refractivity contribution in [2.75, 3.05) is 37.4 Å². The van der Waals surface area contributed by atoms with Crippen molar-refractivity contribution in [3.63, 3.8) is 0 Å². The van der Waals surface area contributed by atoms with Crippen LogP contribution in [0.15, 0.2) is 24.3 Å². The Morgan fingerprint density at radius 2 is 1.42 bits per heavy atom. The first-order chi connectivity index (χ1) is 15.0. The molecule has 1 aliphatic carbocycles. The van der Waals surface area contributed by atoms with Crippen molar-refractivity contribution in [3.05, 3.63) is 24.3 Å². The molecule has 0 aromatic heterocycles. The third kappa shape index (κ3) is 7.43. The average molecular weight is 432 g/mol. The number of urea groups is 2. The topological polar surface area (TPSA) is 112 Å². The van der Waals surface area contributed by atoms with E-state index in [0.717, 1.165) is 25.7 Å². The molecule has 1 saturated heterocycles. The molecule has 5 amide bonds. The van der Waals surface area contributed by atoms with Gasteiger partial charge in [-0.2, -0.15) is 0 Å². The Bertz CT molecular complexity index is 741. The fraction of sp³-hybridized carbons (Fsp3) is 0.591. The number of amides is 5. The van der Waals surface area contributed by atoms with Crippen molar-refractivity contribution in [2.45, 2.75) is 57.0 Å². The van der Waals surface area contributed by atoms with Crippen LogP contribution in [0.2, 0.25) is 0 Å². The molecule has 2 aliphatic rings. The van der Waals surface area contributed by atoms with E-state index in [4.69, 9.17) is 4.74 Å². The van der Waals surface area contributed by atoms with E-state index < -0.39 is 0 Å². The Labute approximate surface area is 183 Å². The molecule has 31 heavy (non-hydrogen) atoms. The minimum atomic E-state index is -0.233. The van der Waals surface area contributed by atoms with Crippen LogP contribution in [0.4, 0.5) is 21.0 Å². The lowest BCUT2D eigenvalue weighted by Gasteiger charge is -2.33. The highest BCUT2D eigenvalue weighted by Crippen LogP contribution is 2.18. The Balaban J connectivity index is 1.37. The maximum Gasteiger partial charge on any atom is 0.321 e. The summed E-state index contributed by atoms with van der Waals surface area (Å²) in [5.41, 5.74) is 1.29. The molecule has 1 saturated carbocycles. The van der Waals surface area contributed by atoms with Gasteiger partial charge in [-0.25, -0.2) is 9.59 Å². The standard InChI is InChI=1S/C22H33N5O4/c1-31-15-20(28)23-17-7-9-18(10-8-17)26-22(30)27-13-11-19(12-14-27)25-21(29)24-16-5-3-2-4-6-16/h7-10,16,19H,2-6,11-15H2,1H3,(H,23,28)(H,26,30)(H2,24,25,29). The lowest BCUT2D eigenvalue weighted by Crippen LogP contribution is -2.51. The first-order valence-corrected chi connectivity index (χ1v) is 11.1. The smallest absolute Gasteiger partial charge is 0.321 e.